The molecule has 8 nitrogen and oxygen atoms in total. The Kier molecular flexibility index (Phi) is 7.78. The first kappa shape index (κ1) is 28.3. The first-order valence-corrected chi connectivity index (χ1v) is 16.1. The molecule has 7 rings (SSSR count). The number of alkyl halides is 1. The molecular weight excluding hydrogens is 535 g/mol. The second-order valence-electron chi connectivity index (χ2n) is 13.6. The first-order valence-electron chi connectivity index (χ1n) is 16.1. The fourth-order valence-corrected chi connectivity index (χ4v) is 9.20. The van der Waals surface area contributed by atoms with E-state index in [0.29, 0.717) is 31.3 Å². The van der Waals surface area contributed by atoms with Crippen molar-refractivity contribution in [2.24, 2.45) is 23.5 Å². The predicted molar refractivity (Wildman–Crippen MR) is 157 cm³/mol. The van der Waals surface area contributed by atoms with Crippen molar-refractivity contribution in [1.82, 2.24) is 15.1 Å². The van der Waals surface area contributed by atoms with Gasteiger partial charge in [0.2, 0.25) is 0 Å². The Bertz CT molecular complexity index is 1230. The molecule has 9 heteroatoms. The van der Waals surface area contributed by atoms with E-state index in [-0.39, 0.29) is 47.9 Å². The fraction of sp³-hybridized carbons (Fsp3) is 0.697. The lowest BCUT2D eigenvalue weighted by Gasteiger charge is -2.61. The number of morpholine rings is 1. The van der Waals surface area contributed by atoms with E-state index in [0.717, 1.165) is 37.1 Å². The lowest BCUT2D eigenvalue weighted by molar-refractivity contribution is -0.219. The highest BCUT2D eigenvalue weighted by Gasteiger charge is 2.60. The van der Waals surface area contributed by atoms with Crippen LogP contribution in [0.15, 0.2) is 36.0 Å². The van der Waals surface area contributed by atoms with Gasteiger partial charge in [-0.1, -0.05) is 37.8 Å². The molecule has 5 fully saturated rings. The van der Waals surface area contributed by atoms with E-state index in [1.165, 1.54) is 25.7 Å². The zero-order valence-electron chi connectivity index (χ0n) is 24.6. The van der Waals surface area contributed by atoms with Gasteiger partial charge in [-0.05, 0) is 61.6 Å². The summed E-state index contributed by atoms with van der Waals surface area (Å²) in [5.41, 5.74) is 7.46. The van der Waals surface area contributed by atoms with Gasteiger partial charge in [-0.25, -0.2) is 4.39 Å². The van der Waals surface area contributed by atoms with Gasteiger partial charge in [-0.3, -0.25) is 14.5 Å². The van der Waals surface area contributed by atoms with Crippen molar-refractivity contribution in [1.29, 1.82) is 0 Å². The van der Waals surface area contributed by atoms with Crippen LogP contribution in [0.4, 0.5) is 4.39 Å². The number of likely N-dealkylation sites (tertiary alicyclic amines) is 1. The number of amides is 1. The van der Waals surface area contributed by atoms with E-state index < -0.39 is 24.2 Å². The average Bonchev–Trinajstić information content (AvgIpc) is 3.42. The first-order chi connectivity index (χ1) is 20.4. The van der Waals surface area contributed by atoms with E-state index in [2.05, 4.69) is 15.1 Å². The van der Waals surface area contributed by atoms with Gasteiger partial charge in [0.25, 0.3) is 5.91 Å². The molecule has 10 unspecified atom stereocenters. The van der Waals surface area contributed by atoms with E-state index >= 15 is 4.39 Å². The normalized spacial score (nSPS) is 39.5. The van der Waals surface area contributed by atoms with Gasteiger partial charge in [0.15, 0.2) is 5.78 Å². The largest absolute Gasteiger partial charge is 0.497 e. The standard InChI is InChI=1S/C33H45FN4O4/c1-41-23-8-4-5-19(13-23)9-11-36-33(40)25-18-38-27-14-20-6-2-3-7-21(20)15-28(27)42-32-29(38)24(31(25)39)16-26(34)30(32)37-12-10-22(35)17-37/h4-5,8,13,18,20-22,24,26-30,32H,2-3,6-7,9-12,14-17,35H2,1H3,(H,36,40). The van der Waals surface area contributed by atoms with E-state index in [1.54, 1.807) is 7.11 Å². The molecule has 6 aliphatic rings. The minimum Gasteiger partial charge on any atom is -0.497 e. The van der Waals surface area contributed by atoms with Gasteiger partial charge in [0.1, 0.15) is 11.9 Å². The minimum absolute atomic E-state index is 0.0165. The van der Waals surface area contributed by atoms with Crippen LogP contribution in [0.5, 0.6) is 5.75 Å². The maximum atomic E-state index is 16.2. The second kappa shape index (κ2) is 11.5. The zero-order chi connectivity index (χ0) is 29.0. The van der Waals surface area contributed by atoms with Crippen LogP contribution >= 0.6 is 0 Å². The third-order valence-electron chi connectivity index (χ3n) is 11.2. The number of nitrogens with one attached hydrogen (secondary N) is 1. The topological polar surface area (TPSA) is 97.1 Å². The highest BCUT2D eigenvalue weighted by atomic mass is 19.1. The van der Waals surface area contributed by atoms with Crippen LogP contribution in [0, 0.1) is 17.8 Å². The lowest BCUT2D eigenvalue weighted by Crippen LogP contribution is -2.73. The summed E-state index contributed by atoms with van der Waals surface area (Å²) in [6.07, 6.45) is 8.80. The molecule has 0 radical (unpaired) electrons. The number of rotatable bonds is 6. The molecule has 3 aliphatic heterocycles. The molecule has 3 N–H and O–H groups in total. The number of ether oxygens (including phenoxy) is 2. The number of nitrogens with zero attached hydrogens (tertiary/aromatic N) is 2. The predicted octanol–water partition coefficient (Wildman–Crippen LogP) is 2.99. The highest BCUT2D eigenvalue weighted by Crippen LogP contribution is 2.51. The van der Waals surface area contributed by atoms with E-state index in [1.807, 2.05) is 30.5 Å². The van der Waals surface area contributed by atoms with Crippen LogP contribution in [-0.2, 0) is 20.7 Å². The van der Waals surface area contributed by atoms with Crippen LogP contribution in [-0.4, -0.2) is 90.8 Å². The molecular formula is C33H45FN4O4. The smallest absolute Gasteiger partial charge is 0.256 e. The van der Waals surface area contributed by atoms with Gasteiger partial charge in [0.05, 0.1) is 43.0 Å². The molecule has 1 aromatic rings. The molecule has 228 valence electrons. The van der Waals surface area contributed by atoms with E-state index in [9.17, 15) is 9.59 Å². The summed E-state index contributed by atoms with van der Waals surface area (Å²) in [4.78, 5) is 32.0. The third kappa shape index (κ3) is 5.05. The zero-order valence-corrected chi connectivity index (χ0v) is 24.6. The third-order valence-corrected chi connectivity index (χ3v) is 11.2. The molecule has 3 heterocycles. The summed E-state index contributed by atoms with van der Waals surface area (Å²) in [7, 11) is 1.63. The number of nitrogens with two attached hydrogens (primary N) is 1. The Morgan fingerprint density at radius 2 is 1.95 bits per heavy atom. The SMILES string of the molecule is COc1cccc(CCNC(=O)C2=CN3C4CC5CCCCC5CC4OC4C(N5CCC(N)C5)C(F)CC(C2=O)C43)c1. The number of benzene rings is 1. The van der Waals surface area contributed by atoms with Gasteiger partial charge < -0.3 is 25.4 Å². The number of hydrogen-bond acceptors (Lipinski definition) is 7. The molecule has 3 saturated carbocycles. The lowest BCUT2D eigenvalue weighted by atomic mass is 9.64. The number of fused-ring (bicyclic) bond motifs is 3. The fourth-order valence-electron chi connectivity index (χ4n) is 9.20. The van der Waals surface area contributed by atoms with Gasteiger partial charge in [0, 0.05) is 37.8 Å². The summed E-state index contributed by atoms with van der Waals surface area (Å²) >= 11 is 0. The molecule has 0 spiro atoms. The Balaban J connectivity index is 1.16. The van der Waals surface area contributed by atoms with Crippen LogP contribution < -0.4 is 15.8 Å². The maximum absolute atomic E-state index is 16.2. The number of methoxy groups -OCH3 is 1. The van der Waals surface area contributed by atoms with Crippen molar-refractivity contribution in [3.05, 3.63) is 41.6 Å². The van der Waals surface area contributed by atoms with Crippen LogP contribution in [0.3, 0.4) is 0 Å². The Labute approximate surface area is 248 Å². The van der Waals surface area contributed by atoms with Crippen LogP contribution in [0.1, 0.15) is 56.9 Å². The van der Waals surface area contributed by atoms with Crippen LogP contribution in [0.25, 0.3) is 0 Å². The van der Waals surface area contributed by atoms with Gasteiger partial charge >= 0.3 is 0 Å². The summed E-state index contributed by atoms with van der Waals surface area (Å²) in [5, 5.41) is 2.98. The van der Waals surface area contributed by atoms with Crippen LogP contribution in [0.2, 0.25) is 0 Å². The molecule has 2 saturated heterocycles. The summed E-state index contributed by atoms with van der Waals surface area (Å²) < 4.78 is 28.4. The molecule has 42 heavy (non-hydrogen) atoms. The molecule has 1 aromatic carbocycles. The summed E-state index contributed by atoms with van der Waals surface area (Å²) in [5.74, 6) is 0.862. The Morgan fingerprint density at radius 1 is 1.14 bits per heavy atom. The minimum atomic E-state index is -1.20. The number of ketones is 1. The summed E-state index contributed by atoms with van der Waals surface area (Å²) in [6, 6.07) is 7.25. The quantitative estimate of drug-likeness (QED) is 0.500. The molecule has 3 aliphatic carbocycles. The maximum Gasteiger partial charge on any atom is 0.256 e. The average molecular weight is 581 g/mol. The van der Waals surface area contributed by atoms with Crippen molar-refractivity contribution in [3.8, 4) is 5.75 Å². The molecule has 1 amide bonds. The van der Waals surface area contributed by atoms with Crippen molar-refractivity contribution in [2.75, 3.05) is 26.7 Å². The highest BCUT2D eigenvalue weighted by molar-refractivity contribution is 6.20. The number of Topliss-reactive ketones (excluding diaryl/α,β-unsaturated/α-hetero) is 1. The van der Waals surface area contributed by atoms with Crippen molar-refractivity contribution in [3.63, 3.8) is 0 Å². The second-order valence-corrected chi connectivity index (χ2v) is 13.6. The Morgan fingerprint density at radius 3 is 2.71 bits per heavy atom. The number of hydrogen-bond donors (Lipinski definition) is 2. The van der Waals surface area contributed by atoms with Crippen molar-refractivity contribution < 1.29 is 23.5 Å². The summed E-state index contributed by atoms with van der Waals surface area (Å²) in [6.45, 7) is 1.81. The number of halogens is 1. The molecule has 10 atom stereocenters. The number of carbonyl (C=O) groups is 2. The van der Waals surface area contributed by atoms with Crippen molar-refractivity contribution in [2.45, 2.75) is 100 Å². The van der Waals surface area contributed by atoms with Gasteiger partial charge in [-0.2, -0.15) is 0 Å². The number of carbonyl (C=O) groups excluding carboxylic acids is 2. The van der Waals surface area contributed by atoms with Gasteiger partial charge in [-0.15, -0.1) is 0 Å². The monoisotopic (exact) mass is 580 g/mol. The van der Waals surface area contributed by atoms with Crippen molar-refractivity contribution >= 4 is 11.7 Å². The molecule has 0 bridgehead atoms. The van der Waals surface area contributed by atoms with E-state index in [4.69, 9.17) is 15.2 Å². The molecule has 0 aromatic heterocycles. The Hall–Kier alpha value is -2.49.